The fourth-order valence-electron chi connectivity index (χ4n) is 1.33. The lowest BCUT2D eigenvalue weighted by Crippen LogP contribution is -2.29. The van der Waals surface area contributed by atoms with E-state index in [-0.39, 0.29) is 11.6 Å². The maximum Gasteiger partial charge on any atom is 0.416 e. The monoisotopic (exact) mass is 271 g/mol. The molecule has 1 aromatic carbocycles. The summed E-state index contributed by atoms with van der Waals surface area (Å²) in [5.74, 6) is 0. The van der Waals surface area contributed by atoms with Gasteiger partial charge in [0, 0.05) is 5.54 Å². The molecule has 0 saturated heterocycles. The van der Waals surface area contributed by atoms with Crippen molar-refractivity contribution in [3.63, 3.8) is 0 Å². The minimum atomic E-state index is -4.85. The van der Waals surface area contributed by atoms with Crippen LogP contribution >= 0.6 is 0 Å². The fraction of sp³-hybridized carbons (Fsp3) is 0.455. The molecule has 0 fully saturated rings. The summed E-state index contributed by atoms with van der Waals surface area (Å²) in [5, 5.41) is 0. The molecule has 0 aromatic heterocycles. The smallest absolute Gasteiger partial charge is 0.322 e. The predicted molar refractivity (Wildman–Crippen MR) is 53.7 cm³/mol. The molecule has 0 spiro atoms. The molecule has 0 radical (unpaired) electrons. The number of hydrogen-bond acceptors (Lipinski definition) is 1. The molecule has 102 valence electrons. The Balaban J connectivity index is 3.49. The maximum atomic E-state index is 12.5. The molecule has 1 rings (SSSR count). The normalized spacial score (nSPS) is 13.8. The molecule has 0 aliphatic carbocycles. The van der Waals surface area contributed by atoms with Crippen molar-refractivity contribution < 1.29 is 26.3 Å². The van der Waals surface area contributed by atoms with Gasteiger partial charge >= 0.3 is 12.4 Å². The summed E-state index contributed by atoms with van der Waals surface area (Å²) in [6.07, 6.45) is -9.69. The first-order valence-electron chi connectivity index (χ1n) is 4.90. The van der Waals surface area contributed by atoms with Gasteiger partial charge in [0.1, 0.15) is 0 Å². The van der Waals surface area contributed by atoms with Gasteiger partial charge in [0.15, 0.2) is 0 Å². The third kappa shape index (κ3) is 3.38. The van der Waals surface area contributed by atoms with Gasteiger partial charge in [0.05, 0.1) is 11.1 Å². The van der Waals surface area contributed by atoms with Gasteiger partial charge in [-0.3, -0.25) is 0 Å². The van der Waals surface area contributed by atoms with E-state index in [1.165, 1.54) is 13.8 Å². The van der Waals surface area contributed by atoms with Gasteiger partial charge in [0.2, 0.25) is 0 Å². The largest absolute Gasteiger partial charge is 0.416 e. The van der Waals surface area contributed by atoms with Crippen molar-refractivity contribution in [2.45, 2.75) is 31.7 Å². The second-order valence-corrected chi connectivity index (χ2v) is 4.52. The van der Waals surface area contributed by atoms with E-state index in [4.69, 9.17) is 5.73 Å². The van der Waals surface area contributed by atoms with Gasteiger partial charge in [-0.2, -0.15) is 26.3 Å². The molecule has 7 heteroatoms. The van der Waals surface area contributed by atoms with Crippen LogP contribution in [0.2, 0.25) is 0 Å². The summed E-state index contributed by atoms with van der Waals surface area (Å²) in [7, 11) is 0. The zero-order valence-corrected chi connectivity index (χ0v) is 9.58. The summed E-state index contributed by atoms with van der Waals surface area (Å²) in [6.45, 7) is 2.67. The van der Waals surface area contributed by atoms with E-state index in [9.17, 15) is 26.3 Å². The second kappa shape index (κ2) is 4.15. The van der Waals surface area contributed by atoms with E-state index < -0.39 is 29.0 Å². The Hall–Kier alpha value is -1.24. The first kappa shape index (κ1) is 14.8. The molecule has 1 nitrogen and oxygen atoms in total. The minimum absolute atomic E-state index is 0.0786. The van der Waals surface area contributed by atoms with Crippen LogP contribution in [0.5, 0.6) is 0 Å². The van der Waals surface area contributed by atoms with Crippen molar-refractivity contribution in [3.8, 4) is 0 Å². The Kier molecular flexibility index (Phi) is 3.42. The lowest BCUT2D eigenvalue weighted by atomic mass is 9.92. The van der Waals surface area contributed by atoms with Crippen molar-refractivity contribution in [1.82, 2.24) is 0 Å². The number of benzene rings is 1. The Morgan fingerprint density at radius 2 is 1.00 bits per heavy atom. The topological polar surface area (TPSA) is 26.0 Å². The Bertz CT molecular complexity index is 359. The molecule has 18 heavy (non-hydrogen) atoms. The van der Waals surface area contributed by atoms with Gasteiger partial charge in [-0.25, -0.2) is 0 Å². The summed E-state index contributed by atoms with van der Waals surface area (Å²) in [4.78, 5) is 0. The molecule has 0 unspecified atom stereocenters. The Morgan fingerprint density at radius 3 is 1.22 bits per heavy atom. The standard InChI is InChI=1S/C11H11F6N/c1-9(2,18)6-3-7(10(12,13)14)5-8(4-6)11(15,16)17/h3-5H,18H2,1-2H3. The average molecular weight is 271 g/mol. The summed E-state index contributed by atoms with van der Waals surface area (Å²) < 4.78 is 75.1. The zero-order chi connectivity index (χ0) is 14.4. The van der Waals surface area contributed by atoms with Crippen molar-refractivity contribution in [1.29, 1.82) is 0 Å². The molecule has 0 atom stereocenters. The van der Waals surface area contributed by atoms with Crippen LogP contribution in [0.1, 0.15) is 30.5 Å². The zero-order valence-electron chi connectivity index (χ0n) is 9.58. The number of nitrogens with two attached hydrogens (primary N) is 1. The highest BCUT2D eigenvalue weighted by molar-refractivity contribution is 5.36. The van der Waals surface area contributed by atoms with Crippen molar-refractivity contribution in [2.75, 3.05) is 0 Å². The first-order valence-corrected chi connectivity index (χ1v) is 4.90. The number of hydrogen-bond donors (Lipinski definition) is 1. The quantitative estimate of drug-likeness (QED) is 0.770. The van der Waals surface area contributed by atoms with E-state index in [0.717, 1.165) is 0 Å². The van der Waals surface area contributed by atoms with Gasteiger partial charge in [-0.15, -0.1) is 0 Å². The van der Waals surface area contributed by atoms with E-state index in [0.29, 0.717) is 12.1 Å². The van der Waals surface area contributed by atoms with Crippen molar-refractivity contribution >= 4 is 0 Å². The number of rotatable bonds is 1. The van der Waals surface area contributed by atoms with Crippen LogP contribution in [-0.2, 0) is 17.9 Å². The van der Waals surface area contributed by atoms with Gasteiger partial charge in [0.25, 0.3) is 0 Å². The number of halogens is 6. The molecule has 1 aromatic rings. The van der Waals surface area contributed by atoms with Gasteiger partial charge in [-0.1, -0.05) is 0 Å². The average Bonchev–Trinajstić information content (AvgIpc) is 2.13. The predicted octanol–water partition coefficient (Wildman–Crippen LogP) is 3.92. The first-order chi connectivity index (χ1) is 7.82. The van der Waals surface area contributed by atoms with Gasteiger partial charge in [-0.05, 0) is 37.6 Å². The maximum absolute atomic E-state index is 12.5. The van der Waals surface area contributed by atoms with Crippen LogP contribution in [0.3, 0.4) is 0 Å². The van der Waals surface area contributed by atoms with Crippen LogP contribution in [0, 0.1) is 0 Å². The van der Waals surface area contributed by atoms with E-state index in [2.05, 4.69) is 0 Å². The van der Waals surface area contributed by atoms with Crippen LogP contribution in [0.25, 0.3) is 0 Å². The summed E-state index contributed by atoms with van der Waals surface area (Å²) >= 11 is 0. The van der Waals surface area contributed by atoms with Crippen molar-refractivity contribution in [3.05, 3.63) is 34.9 Å². The SMILES string of the molecule is CC(C)(N)c1cc(C(F)(F)F)cc(C(F)(F)F)c1. The van der Waals surface area contributed by atoms with Crippen molar-refractivity contribution in [2.24, 2.45) is 5.73 Å². The third-order valence-electron chi connectivity index (χ3n) is 2.33. The fourth-order valence-corrected chi connectivity index (χ4v) is 1.33. The Morgan fingerprint density at radius 1 is 0.722 bits per heavy atom. The van der Waals surface area contributed by atoms with Crippen LogP contribution in [-0.4, -0.2) is 0 Å². The lowest BCUT2D eigenvalue weighted by molar-refractivity contribution is -0.143. The molecule has 0 bridgehead atoms. The van der Waals surface area contributed by atoms with E-state index in [1.807, 2.05) is 0 Å². The second-order valence-electron chi connectivity index (χ2n) is 4.52. The molecule has 0 aliphatic rings. The van der Waals surface area contributed by atoms with Crippen LogP contribution in [0.4, 0.5) is 26.3 Å². The molecule has 2 N–H and O–H groups in total. The minimum Gasteiger partial charge on any atom is -0.322 e. The van der Waals surface area contributed by atoms with Crippen LogP contribution in [0.15, 0.2) is 18.2 Å². The highest BCUT2D eigenvalue weighted by atomic mass is 19.4. The summed E-state index contributed by atoms with van der Waals surface area (Å²) in [6, 6.07) is 1.35. The molecular weight excluding hydrogens is 260 g/mol. The van der Waals surface area contributed by atoms with Crippen LogP contribution < -0.4 is 5.73 Å². The van der Waals surface area contributed by atoms with Gasteiger partial charge < -0.3 is 5.73 Å². The summed E-state index contributed by atoms with van der Waals surface area (Å²) in [5.41, 5.74) is 1.33. The Labute approximate surface area is 99.6 Å². The molecule has 0 amide bonds. The van der Waals surface area contributed by atoms with E-state index >= 15 is 0 Å². The highest BCUT2D eigenvalue weighted by Crippen LogP contribution is 2.37. The molecule has 0 heterocycles. The number of alkyl halides is 6. The molecule has 0 aliphatic heterocycles. The third-order valence-corrected chi connectivity index (χ3v) is 2.33. The van der Waals surface area contributed by atoms with E-state index in [1.54, 1.807) is 0 Å². The molecular formula is C11H11F6N. The highest BCUT2D eigenvalue weighted by Gasteiger charge is 2.37. The lowest BCUT2D eigenvalue weighted by Gasteiger charge is -2.22. The molecule has 0 saturated carbocycles.